The van der Waals surface area contributed by atoms with E-state index in [0.29, 0.717) is 11.5 Å². The molecule has 0 unspecified atom stereocenters. The van der Waals surface area contributed by atoms with E-state index in [1.54, 1.807) is 41.2 Å². The third-order valence-corrected chi connectivity index (χ3v) is 3.48. The summed E-state index contributed by atoms with van der Waals surface area (Å²) in [5, 5.41) is 18.6. The van der Waals surface area contributed by atoms with E-state index in [1.807, 2.05) is 36.4 Å². The van der Waals surface area contributed by atoms with E-state index in [2.05, 4.69) is 10.2 Å². The van der Waals surface area contributed by atoms with E-state index in [-0.39, 0.29) is 5.82 Å². The number of nitro groups is 1. The maximum Gasteiger partial charge on any atom is 0.350 e. The highest BCUT2D eigenvalue weighted by Gasteiger charge is 2.14. The number of aromatic nitrogens is 4. The summed E-state index contributed by atoms with van der Waals surface area (Å²) in [5.74, 6) is 0.623. The molecule has 0 aliphatic rings. The van der Waals surface area contributed by atoms with E-state index in [4.69, 9.17) is 5.73 Å². The normalized spacial score (nSPS) is 10.0. The van der Waals surface area contributed by atoms with E-state index in [1.165, 1.54) is 16.9 Å². The molecule has 0 spiro atoms. The standard InChI is InChI=1S/C9H7N3O2.C9H9N3/c13-12(14)9-6-7-10-11(9)8-4-2-1-3-5-8;10-9-6-7-11-12(9)8-4-2-1-3-5-8/h1-7H;1-7H,10H2. The van der Waals surface area contributed by atoms with Crippen molar-refractivity contribution in [1.29, 1.82) is 0 Å². The minimum Gasteiger partial charge on any atom is -0.384 e. The molecular weight excluding hydrogens is 332 g/mol. The smallest absolute Gasteiger partial charge is 0.350 e. The van der Waals surface area contributed by atoms with E-state index in [9.17, 15) is 10.1 Å². The topological polar surface area (TPSA) is 105 Å². The highest BCUT2D eigenvalue weighted by Crippen LogP contribution is 2.15. The molecule has 0 aliphatic heterocycles. The van der Waals surface area contributed by atoms with Crippen LogP contribution in [0.3, 0.4) is 0 Å². The molecule has 0 saturated carbocycles. The van der Waals surface area contributed by atoms with Gasteiger partial charge >= 0.3 is 5.82 Å². The number of rotatable bonds is 3. The zero-order valence-electron chi connectivity index (χ0n) is 13.7. The second-order valence-corrected chi connectivity index (χ2v) is 5.20. The van der Waals surface area contributed by atoms with Gasteiger partial charge in [0.2, 0.25) is 0 Å². The van der Waals surface area contributed by atoms with Crippen LogP contribution in [0.4, 0.5) is 11.6 Å². The fraction of sp³-hybridized carbons (Fsp3) is 0. The molecule has 2 aromatic carbocycles. The second kappa shape index (κ2) is 7.75. The quantitative estimate of drug-likeness (QED) is 0.452. The van der Waals surface area contributed by atoms with Gasteiger partial charge in [0, 0.05) is 6.07 Å². The van der Waals surface area contributed by atoms with Crippen LogP contribution in [0, 0.1) is 10.1 Å². The Hall–Kier alpha value is -3.94. The van der Waals surface area contributed by atoms with Crippen LogP contribution in [0.25, 0.3) is 11.4 Å². The van der Waals surface area contributed by atoms with Crippen LogP contribution in [0.2, 0.25) is 0 Å². The first kappa shape index (κ1) is 16.9. The van der Waals surface area contributed by atoms with Gasteiger partial charge < -0.3 is 15.8 Å². The molecule has 0 saturated heterocycles. The third-order valence-electron chi connectivity index (χ3n) is 3.48. The summed E-state index contributed by atoms with van der Waals surface area (Å²) < 4.78 is 2.99. The van der Waals surface area contributed by atoms with Gasteiger partial charge in [-0.3, -0.25) is 0 Å². The maximum absolute atomic E-state index is 10.6. The van der Waals surface area contributed by atoms with Gasteiger partial charge in [-0.1, -0.05) is 46.2 Å². The number of nitrogens with two attached hydrogens (primary N) is 1. The SMILES string of the molecule is Nc1ccnn1-c1ccccc1.O=[N+]([O-])c1ccnn1-c1ccccc1. The Kier molecular flexibility index (Phi) is 5.04. The Morgan fingerprint density at radius 2 is 1.27 bits per heavy atom. The second-order valence-electron chi connectivity index (χ2n) is 5.20. The summed E-state index contributed by atoms with van der Waals surface area (Å²) in [6, 6.07) is 21.9. The molecule has 0 aliphatic carbocycles. The monoisotopic (exact) mass is 348 g/mol. The highest BCUT2D eigenvalue weighted by atomic mass is 16.6. The molecule has 130 valence electrons. The van der Waals surface area contributed by atoms with E-state index in [0.717, 1.165) is 5.69 Å². The lowest BCUT2D eigenvalue weighted by molar-refractivity contribution is -0.391. The lowest BCUT2D eigenvalue weighted by Gasteiger charge is -2.01. The van der Waals surface area contributed by atoms with Crippen LogP contribution >= 0.6 is 0 Å². The van der Waals surface area contributed by atoms with Gasteiger partial charge in [-0.25, -0.2) is 4.68 Å². The molecule has 26 heavy (non-hydrogen) atoms. The van der Waals surface area contributed by atoms with Crippen molar-refractivity contribution in [3.63, 3.8) is 0 Å². The van der Waals surface area contributed by atoms with Crippen molar-refractivity contribution in [3.8, 4) is 11.4 Å². The molecule has 0 bridgehead atoms. The van der Waals surface area contributed by atoms with Crippen molar-refractivity contribution in [1.82, 2.24) is 19.6 Å². The maximum atomic E-state index is 10.6. The largest absolute Gasteiger partial charge is 0.384 e. The first-order valence-electron chi connectivity index (χ1n) is 7.75. The van der Waals surface area contributed by atoms with Gasteiger partial charge in [-0.05, 0) is 29.2 Å². The first-order valence-corrected chi connectivity index (χ1v) is 7.75. The van der Waals surface area contributed by atoms with Gasteiger partial charge in [0.25, 0.3) is 0 Å². The molecule has 0 radical (unpaired) electrons. The van der Waals surface area contributed by atoms with Crippen molar-refractivity contribution < 1.29 is 4.92 Å². The van der Waals surface area contributed by atoms with E-state index >= 15 is 0 Å². The average molecular weight is 348 g/mol. The first-order chi connectivity index (χ1) is 12.7. The average Bonchev–Trinajstić information content (AvgIpc) is 3.33. The van der Waals surface area contributed by atoms with Gasteiger partial charge in [0.1, 0.15) is 5.82 Å². The third kappa shape index (κ3) is 3.75. The van der Waals surface area contributed by atoms with Gasteiger partial charge in [0.15, 0.2) is 5.69 Å². The predicted octanol–water partition coefficient (Wildman–Crippen LogP) is 3.24. The van der Waals surface area contributed by atoms with Crippen molar-refractivity contribution in [2.75, 3.05) is 5.73 Å². The number of nitrogen functional groups attached to an aromatic ring is 1. The van der Waals surface area contributed by atoms with Crippen LogP contribution in [0.15, 0.2) is 85.2 Å². The molecule has 0 amide bonds. The summed E-state index contributed by atoms with van der Waals surface area (Å²) in [7, 11) is 0. The zero-order valence-corrected chi connectivity index (χ0v) is 13.7. The van der Waals surface area contributed by atoms with Gasteiger partial charge in [-0.15, -0.1) is 0 Å². The summed E-state index contributed by atoms with van der Waals surface area (Å²) in [6.07, 6.45) is 3.09. The van der Waals surface area contributed by atoms with Crippen LogP contribution in [0.5, 0.6) is 0 Å². The minimum absolute atomic E-state index is 0.0313. The minimum atomic E-state index is -0.458. The van der Waals surface area contributed by atoms with Crippen LogP contribution in [-0.4, -0.2) is 24.5 Å². The van der Waals surface area contributed by atoms with Crippen molar-refractivity contribution in [2.24, 2.45) is 0 Å². The predicted molar refractivity (Wildman–Crippen MR) is 98.2 cm³/mol. The molecule has 8 heteroatoms. The molecule has 0 atom stereocenters. The lowest BCUT2D eigenvalue weighted by atomic mass is 10.3. The Labute approximate surface area is 149 Å². The van der Waals surface area contributed by atoms with Crippen molar-refractivity contribution >= 4 is 11.6 Å². The number of hydrogen-bond acceptors (Lipinski definition) is 5. The Bertz CT molecular complexity index is 979. The molecule has 4 rings (SSSR count). The number of anilines is 1. The lowest BCUT2D eigenvalue weighted by Crippen LogP contribution is -2.01. The van der Waals surface area contributed by atoms with E-state index < -0.39 is 4.92 Å². The zero-order chi connectivity index (χ0) is 18.4. The fourth-order valence-electron chi connectivity index (χ4n) is 2.30. The van der Waals surface area contributed by atoms with Crippen LogP contribution in [-0.2, 0) is 0 Å². The molecule has 2 N–H and O–H groups in total. The Morgan fingerprint density at radius 1 is 0.769 bits per heavy atom. The summed E-state index contributed by atoms with van der Waals surface area (Å²) in [4.78, 5) is 10.1. The number of benzene rings is 2. The summed E-state index contributed by atoms with van der Waals surface area (Å²) in [5.41, 5.74) is 7.34. The van der Waals surface area contributed by atoms with Crippen molar-refractivity contribution in [2.45, 2.75) is 0 Å². The number of hydrogen-bond donors (Lipinski definition) is 1. The van der Waals surface area contributed by atoms with Crippen molar-refractivity contribution in [3.05, 3.63) is 95.3 Å². The number of para-hydroxylation sites is 2. The van der Waals surface area contributed by atoms with Crippen LogP contribution < -0.4 is 5.73 Å². The highest BCUT2D eigenvalue weighted by molar-refractivity contribution is 5.40. The van der Waals surface area contributed by atoms with Gasteiger partial charge in [-0.2, -0.15) is 5.10 Å². The number of nitrogens with zero attached hydrogens (tertiary/aromatic N) is 5. The molecule has 4 aromatic rings. The molecule has 2 heterocycles. The molecule has 0 fully saturated rings. The Morgan fingerprint density at radius 3 is 1.77 bits per heavy atom. The van der Waals surface area contributed by atoms with Crippen LogP contribution in [0.1, 0.15) is 0 Å². The molecule has 8 nitrogen and oxygen atoms in total. The summed E-state index contributed by atoms with van der Waals surface area (Å²) >= 11 is 0. The van der Waals surface area contributed by atoms with Gasteiger partial charge in [0.05, 0.1) is 24.1 Å². The molecular formula is C18H16N6O2. The Balaban J connectivity index is 0.000000152. The molecule has 2 aromatic heterocycles. The summed E-state index contributed by atoms with van der Waals surface area (Å²) in [6.45, 7) is 0. The fourth-order valence-corrected chi connectivity index (χ4v) is 2.30.